The Morgan fingerprint density at radius 1 is 0.750 bits per heavy atom. The first-order chi connectivity index (χ1) is 15.1. The van der Waals surface area contributed by atoms with E-state index < -0.39 is 23.8 Å². The highest BCUT2D eigenvalue weighted by Gasteiger charge is 2.50. The molecule has 0 aromatic heterocycles. The third-order valence-corrected chi connectivity index (χ3v) is 9.65. The summed E-state index contributed by atoms with van der Waals surface area (Å²) in [5.74, 6) is 0.570. The van der Waals surface area contributed by atoms with Gasteiger partial charge in [-0.2, -0.15) is 0 Å². The molecule has 1 saturated carbocycles. The number of rotatable bonds is 7. The Morgan fingerprint density at radius 2 is 1.19 bits per heavy atom. The summed E-state index contributed by atoms with van der Waals surface area (Å²) < 4.78 is 25.7. The number of carbonyl (C=O) groups is 2. The van der Waals surface area contributed by atoms with Gasteiger partial charge in [0, 0.05) is 11.2 Å². The average Bonchev–Trinajstić information content (AvgIpc) is 2.77. The number of ether oxygens (including phenoxy) is 2. The first-order valence-corrected chi connectivity index (χ1v) is 12.9. The van der Waals surface area contributed by atoms with Crippen LogP contribution in [0.2, 0.25) is 0 Å². The highest BCUT2D eigenvalue weighted by atomic mass is 31.2. The van der Waals surface area contributed by atoms with Crippen LogP contribution in [0.3, 0.4) is 0 Å². The van der Waals surface area contributed by atoms with Gasteiger partial charge in [0.2, 0.25) is 18.2 Å². The highest BCUT2D eigenvalue weighted by molar-refractivity contribution is 7.96. The maximum atomic E-state index is 14.8. The van der Waals surface area contributed by atoms with E-state index in [9.17, 15) is 14.2 Å². The number of hydrogen-bond donors (Lipinski definition) is 0. The van der Waals surface area contributed by atoms with Crippen LogP contribution in [-0.4, -0.2) is 30.9 Å². The largest absolute Gasteiger partial charge is 0.496 e. The molecule has 0 N–H and O–H groups in total. The zero-order chi connectivity index (χ0) is 23.6. The molecule has 1 fully saturated rings. The molecule has 32 heavy (non-hydrogen) atoms. The molecule has 6 heteroatoms. The van der Waals surface area contributed by atoms with E-state index in [0.29, 0.717) is 18.4 Å². The van der Waals surface area contributed by atoms with E-state index >= 15 is 0 Å². The second-order valence-electron chi connectivity index (χ2n) is 8.88. The van der Waals surface area contributed by atoms with Crippen LogP contribution in [0, 0.1) is 27.7 Å². The third kappa shape index (κ3) is 4.28. The molecule has 0 heterocycles. The molecule has 0 spiro atoms. The average molecular weight is 457 g/mol. The second-order valence-corrected chi connectivity index (χ2v) is 11.7. The lowest BCUT2D eigenvalue weighted by atomic mass is 10.0. The lowest BCUT2D eigenvalue weighted by Gasteiger charge is -2.30. The second kappa shape index (κ2) is 9.62. The Balaban J connectivity index is 2.26. The van der Waals surface area contributed by atoms with Crippen LogP contribution in [0.5, 0.6) is 11.5 Å². The van der Waals surface area contributed by atoms with E-state index in [1.807, 2.05) is 39.8 Å². The number of methoxy groups -OCH3 is 2. The topological polar surface area (TPSA) is 69.7 Å². The van der Waals surface area contributed by atoms with Crippen molar-refractivity contribution in [3.8, 4) is 11.5 Å². The minimum Gasteiger partial charge on any atom is -0.496 e. The molecule has 1 unspecified atom stereocenters. The molecule has 5 nitrogen and oxygen atoms in total. The predicted molar refractivity (Wildman–Crippen MR) is 128 cm³/mol. The molecular weight excluding hydrogens is 423 g/mol. The van der Waals surface area contributed by atoms with Crippen molar-refractivity contribution in [1.29, 1.82) is 0 Å². The molecule has 2 aromatic carbocycles. The summed E-state index contributed by atoms with van der Waals surface area (Å²) in [6, 6.07) is 7.24. The van der Waals surface area contributed by atoms with Gasteiger partial charge < -0.3 is 14.0 Å². The molecule has 0 aliphatic heterocycles. The maximum absolute atomic E-state index is 14.8. The summed E-state index contributed by atoms with van der Waals surface area (Å²) in [7, 11) is -1.09. The SMILES string of the molecule is COc1cc(C)cc(OC)c1C(=O)P(=O)(C(=O)c1c(C)cc(C)cc1C)C1CCCCC1. The van der Waals surface area contributed by atoms with Crippen LogP contribution in [0.1, 0.15) is 75.1 Å². The van der Waals surface area contributed by atoms with Gasteiger partial charge in [-0.1, -0.05) is 37.0 Å². The van der Waals surface area contributed by atoms with Crippen molar-refractivity contribution in [2.45, 2.75) is 65.5 Å². The number of benzene rings is 2. The van der Waals surface area contributed by atoms with E-state index in [0.717, 1.165) is 41.5 Å². The van der Waals surface area contributed by atoms with E-state index in [1.54, 1.807) is 12.1 Å². The van der Waals surface area contributed by atoms with Crippen LogP contribution in [0.4, 0.5) is 0 Å². The summed E-state index contributed by atoms with van der Waals surface area (Å²) in [5.41, 5.74) is 2.23. The fourth-order valence-corrected chi connectivity index (χ4v) is 8.15. The van der Waals surface area contributed by atoms with Crippen molar-refractivity contribution >= 4 is 18.2 Å². The van der Waals surface area contributed by atoms with E-state index in [1.165, 1.54) is 14.2 Å². The normalized spacial score (nSPS) is 16.3. The van der Waals surface area contributed by atoms with Crippen LogP contribution in [0.15, 0.2) is 24.3 Å². The van der Waals surface area contributed by atoms with E-state index in [-0.39, 0.29) is 17.1 Å². The molecule has 1 aliphatic rings. The predicted octanol–water partition coefficient (Wildman–Crippen LogP) is 6.61. The van der Waals surface area contributed by atoms with Gasteiger partial charge in [0.05, 0.1) is 14.2 Å². The van der Waals surface area contributed by atoms with Crippen molar-refractivity contribution in [1.82, 2.24) is 0 Å². The number of hydrogen-bond acceptors (Lipinski definition) is 5. The van der Waals surface area contributed by atoms with Gasteiger partial charge in [-0.25, -0.2) is 0 Å². The van der Waals surface area contributed by atoms with Crippen molar-refractivity contribution in [2.24, 2.45) is 0 Å². The number of carbonyl (C=O) groups excluding carboxylic acids is 2. The van der Waals surface area contributed by atoms with Gasteiger partial charge in [-0.05, 0) is 69.4 Å². The van der Waals surface area contributed by atoms with Crippen LogP contribution in [-0.2, 0) is 4.57 Å². The molecule has 0 amide bonds. The highest BCUT2D eigenvalue weighted by Crippen LogP contribution is 2.62. The summed E-state index contributed by atoms with van der Waals surface area (Å²) in [6.45, 7) is 7.51. The minimum absolute atomic E-state index is 0.102. The summed E-state index contributed by atoms with van der Waals surface area (Å²) >= 11 is 0. The fraction of sp³-hybridized carbons (Fsp3) is 0.462. The monoisotopic (exact) mass is 456 g/mol. The zero-order valence-corrected chi connectivity index (χ0v) is 20.8. The molecule has 2 aromatic rings. The standard InChI is InChI=1S/C26H33O5P/c1-16-12-18(3)23(19(4)13-16)25(27)32(29,20-10-8-7-9-11-20)26(28)24-21(30-5)14-17(2)15-22(24)31-6/h12-15,20H,7-11H2,1-6H3. The molecule has 0 saturated heterocycles. The molecular formula is C26H33O5P. The van der Waals surface area contributed by atoms with Gasteiger partial charge in [0.25, 0.3) is 0 Å². The first kappa shape index (κ1) is 24.3. The van der Waals surface area contributed by atoms with Crippen molar-refractivity contribution < 1.29 is 23.6 Å². The lowest BCUT2D eigenvalue weighted by Crippen LogP contribution is -2.25. The summed E-state index contributed by atoms with van der Waals surface area (Å²) in [4.78, 5) is 28.1. The zero-order valence-electron chi connectivity index (χ0n) is 19.9. The van der Waals surface area contributed by atoms with Crippen LogP contribution >= 0.6 is 7.14 Å². The Kier molecular flexibility index (Phi) is 7.29. The van der Waals surface area contributed by atoms with Crippen molar-refractivity contribution in [2.75, 3.05) is 14.2 Å². The van der Waals surface area contributed by atoms with E-state index in [4.69, 9.17) is 9.47 Å². The molecule has 0 bridgehead atoms. The number of aryl methyl sites for hydroxylation is 4. The van der Waals surface area contributed by atoms with Gasteiger partial charge in [0.15, 0.2) is 0 Å². The molecule has 3 rings (SSSR count). The fourth-order valence-electron chi connectivity index (χ4n) is 4.97. The summed E-state index contributed by atoms with van der Waals surface area (Å²) in [5, 5.41) is 0. The minimum atomic E-state index is -4.02. The molecule has 172 valence electrons. The van der Waals surface area contributed by atoms with Gasteiger partial charge in [-0.3, -0.25) is 9.59 Å². The van der Waals surface area contributed by atoms with Crippen LogP contribution in [0.25, 0.3) is 0 Å². The van der Waals surface area contributed by atoms with E-state index in [2.05, 4.69) is 0 Å². The Labute approximate surface area is 190 Å². The summed E-state index contributed by atoms with van der Waals surface area (Å²) in [6.07, 6.45) is 3.97. The maximum Gasteiger partial charge on any atom is 0.236 e. The first-order valence-electron chi connectivity index (χ1n) is 11.1. The molecule has 1 atom stereocenters. The Bertz CT molecular complexity index is 1050. The molecule has 1 aliphatic carbocycles. The van der Waals surface area contributed by atoms with Crippen molar-refractivity contribution in [3.63, 3.8) is 0 Å². The third-order valence-electron chi connectivity index (χ3n) is 6.45. The quantitative estimate of drug-likeness (QED) is 0.438. The molecule has 0 radical (unpaired) electrons. The Hall–Kier alpha value is -2.39. The van der Waals surface area contributed by atoms with Crippen LogP contribution < -0.4 is 9.47 Å². The Morgan fingerprint density at radius 3 is 1.66 bits per heavy atom. The van der Waals surface area contributed by atoms with Crippen molar-refractivity contribution in [3.05, 3.63) is 57.6 Å². The lowest BCUT2D eigenvalue weighted by molar-refractivity contribution is 0.103. The smallest absolute Gasteiger partial charge is 0.236 e. The van der Waals surface area contributed by atoms with Gasteiger partial charge in [-0.15, -0.1) is 0 Å². The van der Waals surface area contributed by atoms with Gasteiger partial charge in [0.1, 0.15) is 17.1 Å². The van der Waals surface area contributed by atoms with Gasteiger partial charge >= 0.3 is 0 Å².